The van der Waals surface area contributed by atoms with Crippen LogP contribution in [0.1, 0.15) is 6.92 Å². The van der Waals surface area contributed by atoms with Gasteiger partial charge in [0.15, 0.2) is 6.10 Å². The first kappa shape index (κ1) is 12.3. The third-order valence-electron chi connectivity index (χ3n) is 2.70. The molecule has 0 radical (unpaired) electrons. The molecule has 1 aromatic carbocycles. The maximum absolute atomic E-state index is 11.6. The summed E-state index contributed by atoms with van der Waals surface area (Å²) in [6.07, 6.45) is -0.873. The second kappa shape index (κ2) is 4.98. The second-order valence-electron chi connectivity index (χ2n) is 3.70. The Hall–Kier alpha value is -1.20. The van der Waals surface area contributed by atoms with Crippen molar-refractivity contribution in [2.45, 2.75) is 18.4 Å². The topological polar surface area (TPSA) is 49.8 Å². The minimum absolute atomic E-state index is 0.166. The molecule has 0 saturated carbocycles. The minimum Gasteiger partial charge on any atom is -0.497 e. The number of β-lactam (4-membered cyclic amide) rings is 1. The van der Waals surface area contributed by atoms with Crippen molar-refractivity contribution in [3.63, 3.8) is 0 Å². The molecule has 92 valence electrons. The van der Waals surface area contributed by atoms with E-state index in [0.717, 1.165) is 17.2 Å². The van der Waals surface area contributed by atoms with Gasteiger partial charge in [-0.05, 0) is 30.0 Å². The largest absolute Gasteiger partial charge is 0.497 e. The Bertz CT molecular complexity index is 407. The van der Waals surface area contributed by atoms with Crippen molar-refractivity contribution in [2.75, 3.05) is 17.8 Å². The Morgan fingerprint density at radius 2 is 2.06 bits per heavy atom. The van der Waals surface area contributed by atoms with Crippen molar-refractivity contribution in [3.8, 4) is 5.75 Å². The zero-order chi connectivity index (χ0) is 12.4. The molecular weight excluding hydrogens is 238 g/mol. The highest BCUT2D eigenvalue weighted by atomic mass is 32.2. The molecule has 1 aliphatic rings. The number of aliphatic hydroxyl groups excluding tert-OH is 1. The van der Waals surface area contributed by atoms with Crippen LogP contribution < -0.4 is 9.64 Å². The monoisotopic (exact) mass is 253 g/mol. The van der Waals surface area contributed by atoms with E-state index in [2.05, 4.69) is 0 Å². The van der Waals surface area contributed by atoms with E-state index in [4.69, 9.17) is 4.74 Å². The number of benzene rings is 1. The number of amides is 1. The lowest BCUT2D eigenvalue weighted by molar-refractivity contribution is -0.133. The van der Waals surface area contributed by atoms with Gasteiger partial charge >= 0.3 is 0 Å². The van der Waals surface area contributed by atoms with Gasteiger partial charge in [0.1, 0.15) is 11.1 Å². The summed E-state index contributed by atoms with van der Waals surface area (Å²) < 4.78 is 5.06. The number of thioether (sulfide) groups is 1. The van der Waals surface area contributed by atoms with Crippen LogP contribution in [0.2, 0.25) is 0 Å². The van der Waals surface area contributed by atoms with Crippen molar-refractivity contribution < 1.29 is 14.6 Å². The molecule has 1 aromatic rings. The molecule has 17 heavy (non-hydrogen) atoms. The summed E-state index contributed by atoms with van der Waals surface area (Å²) in [6.45, 7) is 2.01. The van der Waals surface area contributed by atoms with Crippen LogP contribution >= 0.6 is 11.8 Å². The van der Waals surface area contributed by atoms with Crippen LogP contribution in [0.3, 0.4) is 0 Å². The van der Waals surface area contributed by atoms with E-state index in [0.29, 0.717) is 0 Å². The molecule has 1 saturated heterocycles. The Morgan fingerprint density at radius 3 is 2.59 bits per heavy atom. The molecule has 5 heteroatoms. The first-order valence-electron chi connectivity index (χ1n) is 5.45. The molecule has 1 fully saturated rings. The highest BCUT2D eigenvalue weighted by Gasteiger charge is 2.47. The predicted molar refractivity (Wildman–Crippen MR) is 68.4 cm³/mol. The zero-order valence-electron chi connectivity index (χ0n) is 9.79. The van der Waals surface area contributed by atoms with Gasteiger partial charge in [0.05, 0.1) is 7.11 Å². The van der Waals surface area contributed by atoms with Crippen molar-refractivity contribution in [1.82, 2.24) is 0 Å². The van der Waals surface area contributed by atoms with Crippen molar-refractivity contribution in [3.05, 3.63) is 24.3 Å². The van der Waals surface area contributed by atoms with Crippen LogP contribution in [-0.4, -0.2) is 35.4 Å². The number of anilines is 1. The van der Waals surface area contributed by atoms with E-state index < -0.39 is 6.10 Å². The smallest absolute Gasteiger partial charge is 0.259 e. The lowest BCUT2D eigenvalue weighted by atomic mass is 10.1. The van der Waals surface area contributed by atoms with Gasteiger partial charge in [0.25, 0.3) is 5.91 Å². The molecule has 0 aliphatic carbocycles. The molecule has 0 bridgehead atoms. The number of rotatable bonds is 4. The standard InChI is InChI=1S/C12H15NO3S/c1-3-17-12-10(14)11(15)13(12)8-4-6-9(16-2)7-5-8/h4-7,10,12,14H,3H2,1-2H3/t10-,12-/m1/s1. The van der Waals surface area contributed by atoms with Gasteiger partial charge in [0.2, 0.25) is 0 Å². The van der Waals surface area contributed by atoms with Gasteiger partial charge in [-0.15, -0.1) is 11.8 Å². The molecule has 2 atom stereocenters. The number of nitrogens with zero attached hydrogens (tertiary/aromatic N) is 1. The predicted octanol–water partition coefficient (Wildman–Crippen LogP) is 1.48. The normalized spacial score (nSPS) is 23.5. The molecule has 2 rings (SSSR count). The Morgan fingerprint density at radius 1 is 1.41 bits per heavy atom. The van der Waals surface area contributed by atoms with E-state index in [-0.39, 0.29) is 11.3 Å². The van der Waals surface area contributed by atoms with Gasteiger partial charge in [-0.25, -0.2) is 0 Å². The number of methoxy groups -OCH3 is 1. The van der Waals surface area contributed by atoms with Gasteiger partial charge < -0.3 is 9.84 Å². The highest BCUT2D eigenvalue weighted by molar-refractivity contribution is 8.00. The average molecular weight is 253 g/mol. The highest BCUT2D eigenvalue weighted by Crippen LogP contribution is 2.35. The quantitative estimate of drug-likeness (QED) is 0.826. The van der Waals surface area contributed by atoms with Crippen molar-refractivity contribution >= 4 is 23.4 Å². The summed E-state index contributed by atoms with van der Waals surface area (Å²) in [5.74, 6) is 1.38. The summed E-state index contributed by atoms with van der Waals surface area (Å²) in [5.41, 5.74) is 0.798. The number of hydrogen-bond donors (Lipinski definition) is 1. The number of carbonyl (C=O) groups is 1. The molecule has 1 N–H and O–H groups in total. The third kappa shape index (κ3) is 2.12. The minimum atomic E-state index is -0.873. The van der Waals surface area contributed by atoms with Gasteiger partial charge in [-0.3, -0.25) is 9.69 Å². The second-order valence-corrected chi connectivity index (χ2v) is 5.09. The number of carbonyl (C=O) groups excluding carboxylic acids is 1. The Balaban J connectivity index is 2.17. The van der Waals surface area contributed by atoms with E-state index in [1.54, 1.807) is 35.9 Å². The van der Waals surface area contributed by atoms with Crippen molar-refractivity contribution in [2.24, 2.45) is 0 Å². The van der Waals surface area contributed by atoms with Gasteiger partial charge in [-0.1, -0.05) is 6.92 Å². The molecule has 1 amide bonds. The van der Waals surface area contributed by atoms with Crippen LogP contribution in [0.25, 0.3) is 0 Å². The van der Waals surface area contributed by atoms with Gasteiger partial charge in [-0.2, -0.15) is 0 Å². The van der Waals surface area contributed by atoms with Crippen LogP contribution in [0.5, 0.6) is 5.75 Å². The number of aliphatic hydroxyl groups is 1. The summed E-state index contributed by atoms with van der Waals surface area (Å²) in [6, 6.07) is 7.26. The summed E-state index contributed by atoms with van der Waals surface area (Å²) in [4.78, 5) is 13.3. The summed E-state index contributed by atoms with van der Waals surface area (Å²) in [5, 5.41) is 9.44. The first-order valence-corrected chi connectivity index (χ1v) is 6.50. The van der Waals surface area contributed by atoms with Crippen LogP contribution in [0.4, 0.5) is 5.69 Å². The summed E-state index contributed by atoms with van der Waals surface area (Å²) >= 11 is 1.57. The lowest BCUT2D eigenvalue weighted by Gasteiger charge is -2.43. The molecule has 0 unspecified atom stereocenters. The van der Waals surface area contributed by atoms with Crippen LogP contribution in [0, 0.1) is 0 Å². The fourth-order valence-electron chi connectivity index (χ4n) is 1.80. The molecule has 1 heterocycles. The fraction of sp³-hybridized carbons (Fsp3) is 0.417. The zero-order valence-corrected chi connectivity index (χ0v) is 10.6. The first-order chi connectivity index (χ1) is 8.19. The van der Waals surface area contributed by atoms with E-state index >= 15 is 0 Å². The van der Waals surface area contributed by atoms with Crippen molar-refractivity contribution in [1.29, 1.82) is 0 Å². The Kier molecular flexibility index (Phi) is 3.59. The molecule has 0 aromatic heterocycles. The molecular formula is C12H15NO3S. The molecule has 4 nitrogen and oxygen atoms in total. The number of ether oxygens (including phenoxy) is 1. The average Bonchev–Trinajstić information content (AvgIpc) is 2.38. The maximum Gasteiger partial charge on any atom is 0.259 e. The van der Waals surface area contributed by atoms with Crippen LogP contribution in [-0.2, 0) is 4.79 Å². The maximum atomic E-state index is 11.6. The summed E-state index contributed by atoms with van der Waals surface area (Å²) in [7, 11) is 1.60. The molecule has 1 aliphatic heterocycles. The van der Waals surface area contributed by atoms with E-state index in [9.17, 15) is 9.90 Å². The van der Waals surface area contributed by atoms with E-state index in [1.165, 1.54) is 0 Å². The van der Waals surface area contributed by atoms with Gasteiger partial charge in [0, 0.05) is 5.69 Å². The van der Waals surface area contributed by atoms with Crippen LogP contribution in [0.15, 0.2) is 24.3 Å². The fourth-order valence-corrected chi connectivity index (χ4v) is 2.82. The lowest BCUT2D eigenvalue weighted by Crippen LogP contribution is -2.63. The third-order valence-corrected chi connectivity index (χ3v) is 3.85. The number of hydrogen-bond acceptors (Lipinski definition) is 4. The SMILES string of the molecule is CCS[C@@H]1[C@H](O)C(=O)N1c1ccc(OC)cc1. The van der Waals surface area contributed by atoms with E-state index in [1.807, 2.05) is 19.1 Å². The Labute approximate surface area is 105 Å². The molecule has 0 spiro atoms.